The number of aryl methyl sites for hydroxylation is 2. The molecular formula is C20H24N4. The van der Waals surface area contributed by atoms with Crippen molar-refractivity contribution >= 4 is 16.9 Å². The van der Waals surface area contributed by atoms with E-state index in [9.17, 15) is 0 Å². The van der Waals surface area contributed by atoms with E-state index in [0.29, 0.717) is 5.82 Å². The lowest BCUT2D eigenvalue weighted by molar-refractivity contribution is 0.689. The van der Waals surface area contributed by atoms with Crippen molar-refractivity contribution in [3.63, 3.8) is 0 Å². The summed E-state index contributed by atoms with van der Waals surface area (Å²) in [4.78, 5) is 4.85. The number of benzene rings is 1. The molecule has 0 bridgehead atoms. The van der Waals surface area contributed by atoms with E-state index in [1.165, 1.54) is 47.9 Å². The first kappa shape index (κ1) is 15.2. The van der Waals surface area contributed by atoms with Crippen molar-refractivity contribution in [2.45, 2.75) is 51.9 Å². The second-order valence-corrected chi connectivity index (χ2v) is 6.76. The van der Waals surface area contributed by atoms with E-state index in [2.05, 4.69) is 41.4 Å². The number of nitrogens with one attached hydrogen (secondary N) is 1. The molecule has 24 heavy (non-hydrogen) atoms. The number of hydrogen-bond acceptors (Lipinski definition) is 3. The molecule has 2 heterocycles. The lowest BCUT2D eigenvalue weighted by atomic mass is 9.87. The van der Waals surface area contributed by atoms with E-state index >= 15 is 0 Å². The highest BCUT2D eigenvalue weighted by atomic mass is 15.2. The number of nitrogens with two attached hydrogens (primary N) is 1. The van der Waals surface area contributed by atoms with Crippen LogP contribution in [0.4, 0.5) is 5.82 Å². The SMILES string of the molecule is CCCCc1ccc(-c2nc3n[nH]c(N)c3c3c2CCCC3)cc1. The van der Waals surface area contributed by atoms with E-state index in [1.807, 2.05) is 0 Å². The number of nitrogens with zero attached hydrogens (tertiary/aromatic N) is 2. The molecule has 0 aliphatic heterocycles. The molecule has 0 fully saturated rings. The van der Waals surface area contributed by atoms with Gasteiger partial charge in [0.05, 0.1) is 11.1 Å². The van der Waals surface area contributed by atoms with E-state index in [-0.39, 0.29) is 0 Å². The Morgan fingerprint density at radius 3 is 2.58 bits per heavy atom. The highest BCUT2D eigenvalue weighted by Crippen LogP contribution is 2.36. The molecular weight excluding hydrogens is 296 g/mol. The molecule has 0 saturated carbocycles. The number of anilines is 1. The van der Waals surface area contributed by atoms with Crippen LogP contribution in [-0.4, -0.2) is 15.2 Å². The summed E-state index contributed by atoms with van der Waals surface area (Å²) in [6, 6.07) is 8.91. The fourth-order valence-corrected chi connectivity index (χ4v) is 3.79. The largest absolute Gasteiger partial charge is 0.384 e. The van der Waals surface area contributed by atoms with Crippen LogP contribution in [0.15, 0.2) is 24.3 Å². The van der Waals surface area contributed by atoms with E-state index < -0.39 is 0 Å². The number of hydrogen-bond donors (Lipinski definition) is 2. The van der Waals surface area contributed by atoms with Crippen molar-refractivity contribution in [2.75, 3.05) is 5.73 Å². The Labute approximate surface area is 142 Å². The molecule has 1 aliphatic rings. The molecule has 3 aromatic rings. The van der Waals surface area contributed by atoms with Gasteiger partial charge in [0, 0.05) is 5.56 Å². The van der Waals surface area contributed by atoms with Gasteiger partial charge in [0.2, 0.25) is 0 Å². The number of pyridine rings is 1. The van der Waals surface area contributed by atoms with Crippen molar-refractivity contribution in [2.24, 2.45) is 0 Å². The number of H-pyrrole nitrogens is 1. The summed E-state index contributed by atoms with van der Waals surface area (Å²) in [5.41, 5.74) is 13.2. The molecule has 0 unspecified atom stereocenters. The van der Waals surface area contributed by atoms with E-state index in [0.717, 1.165) is 36.0 Å². The van der Waals surface area contributed by atoms with Gasteiger partial charge in [-0.2, -0.15) is 5.10 Å². The van der Waals surface area contributed by atoms with Gasteiger partial charge in [0.25, 0.3) is 0 Å². The third kappa shape index (κ3) is 2.56. The quantitative estimate of drug-likeness (QED) is 0.747. The first-order valence-electron chi connectivity index (χ1n) is 9.02. The summed E-state index contributed by atoms with van der Waals surface area (Å²) < 4.78 is 0. The van der Waals surface area contributed by atoms with Crippen LogP contribution in [0, 0.1) is 0 Å². The minimum Gasteiger partial charge on any atom is -0.384 e. The minimum atomic E-state index is 0.650. The van der Waals surface area contributed by atoms with Gasteiger partial charge in [-0.25, -0.2) is 4.98 Å². The van der Waals surface area contributed by atoms with Crippen LogP contribution in [0.2, 0.25) is 0 Å². The fourth-order valence-electron chi connectivity index (χ4n) is 3.79. The predicted molar refractivity (Wildman–Crippen MR) is 99.0 cm³/mol. The molecule has 4 heteroatoms. The Hall–Kier alpha value is -2.36. The highest BCUT2D eigenvalue weighted by molar-refractivity contribution is 5.93. The lowest BCUT2D eigenvalue weighted by Gasteiger charge is -2.20. The second kappa shape index (κ2) is 6.27. The van der Waals surface area contributed by atoms with Crippen molar-refractivity contribution in [1.82, 2.24) is 15.2 Å². The van der Waals surface area contributed by atoms with Gasteiger partial charge in [0.15, 0.2) is 5.65 Å². The maximum Gasteiger partial charge on any atom is 0.183 e. The summed E-state index contributed by atoms with van der Waals surface area (Å²) in [5, 5.41) is 8.25. The monoisotopic (exact) mass is 320 g/mol. The summed E-state index contributed by atoms with van der Waals surface area (Å²) in [6.07, 6.45) is 8.21. The Morgan fingerprint density at radius 2 is 1.83 bits per heavy atom. The number of aromatic amines is 1. The average Bonchev–Trinajstić information content (AvgIpc) is 3.01. The van der Waals surface area contributed by atoms with Crippen molar-refractivity contribution in [3.8, 4) is 11.3 Å². The van der Waals surface area contributed by atoms with Crippen LogP contribution in [0.1, 0.15) is 49.3 Å². The molecule has 1 aliphatic carbocycles. The Balaban J connectivity index is 1.81. The Morgan fingerprint density at radius 1 is 1.08 bits per heavy atom. The number of aromatic nitrogens is 3. The molecule has 4 rings (SSSR count). The van der Waals surface area contributed by atoms with Crippen LogP contribution >= 0.6 is 0 Å². The molecule has 124 valence electrons. The zero-order valence-corrected chi connectivity index (χ0v) is 14.2. The van der Waals surface area contributed by atoms with Gasteiger partial charge < -0.3 is 5.73 Å². The molecule has 0 radical (unpaired) electrons. The van der Waals surface area contributed by atoms with Crippen molar-refractivity contribution < 1.29 is 0 Å². The maximum atomic E-state index is 6.10. The topological polar surface area (TPSA) is 67.6 Å². The van der Waals surface area contributed by atoms with Crippen molar-refractivity contribution in [3.05, 3.63) is 41.0 Å². The van der Waals surface area contributed by atoms with Gasteiger partial charge in [-0.1, -0.05) is 37.6 Å². The molecule has 3 N–H and O–H groups in total. The van der Waals surface area contributed by atoms with Crippen LogP contribution < -0.4 is 5.73 Å². The zero-order valence-electron chi connectivity index (χ0n) is 14.2. The second-order valence-electron chi connectivity index (χ2n) is 6.76. The Bertz CT molecular complexity index is 861. The average molecular weight is 320 g/mol. The first-order chi connectivity index (χ1) is 11.8. The van der Waals surface area contributed by atoms with Crippen LogP contribution in [0.5, 0.6) is 0 Å². The lowest BCUT2D eigenvalue weighted by Crippen LogP contribution is -2.08. The zero-order chi connectivity index (χ0) is 16.5. The smallest absolute Gasteiger partial charge is 0.183 e. The number of unbranched alkanes of at least 4 members (excludes halogenated alkanes) is 1. The molecule has 2 aromatic heterocycles. The summed E-state index contributed by atoms with van der Waals surface area (Å²) in [5.74, 6) is 0.650. The fraction of sp³-hybridized carbons (Fsp3) is 0.400. The van der Waals surface area contributed by atoms with Gasteiger partial charge in [-0.15, -0.1) is 0 Å². The molecule has 0 atom stereocenters. The molecule has 0 amide bonds. The first-order valence-corrected chi connectivity index (χ1v) is 9.02. The minimum absolute atomic E-state index is 0.650. The highest BCUT2D eigenvalue weighted by Gasteiger charge is 2.22. The molecule has 1 aromatic carbocycles. The summed E-state index contributed by atoms with van der Waals surface area (Å²) in [7, 11) is 0. The third-order valence-corrected chi connectivity index (χ3v) is 5.09. The van der Waals surface area contributed by atoms with Gasteiger partial charge >= 0.3 is 0 Å². The van der Waals surface area contributed by atoms with Crippen LogP contribution in [0.25, 0.3) is 22.3 Å². The maximum absolute atomic E-state index is 6.10. The van der Waals surface area contributed by atoms with E-state index in [4.69, 9.17) is 10.7 Å². The number of rotatable bonds is 4. The summed E-state index contributed by atoms with van der Waals surface area (Å²) in [6.45, 7) is 2.23. The summed E-state index contributed by atoms with van der Waals surface area (Å²) >= 11 is 0. The van der Waals surface area contributed by atoms with Crippen LogP contribution in [-0.2, 0) is 19.3 Å². The molecule has 4 nitrogen and oxygen atoms in total. The van der Waals surface area contributed by atoms with Gasteiger partial charge in [-0.05, 0) is 55.2 Å². The van der Waals surface area contributed by atoms with Gasteiger partial charge in [-0.3, -0.25) is 5.10 Å². The van der Waals surface area contributed by atoms with Gasteiger partial charge in [0.1, 0.15) is 5.82 Å². The number of nitrogen functional groups attached to an aromatic ring is 1. The number of fused-ring (bicyclic) bond motifs is 3. The Kier molecular flexibility index (Phi) is 3.97. The van der Waals surface area contributed by atoms with Crippen LogP contribution in [0.3, 0.4) is 0 Å². The van der Waals surface area contributed by atoms with E-state index in [1.54, 1.807) is 0 Å². The standard InChI is InChI=1S/C20H24N4/c1-2-3-6-13-9-11-14(12-10-13)18-16-8-5-4-7-15(16)17-19(21)23-24-20(17)22-18/h9-12H,2-8H2,1H3,(H3,21,22,23,24). The van der Waals surface area contributed by atoms with Crippen molar-refractivity contribution in [1.29, 1.82) is 0 Å². The molecule has 0 saturated heterocycles. The predicted octanol–water partition coefficient (Wildman–Crippen LogP) is 4.43. The normalized spacial score (nSPS) is 14.0. The third-order valence-electron chi connectivity index (χ3n) is 5.09. The molecule has 0 spiro atoms.